The van der Waals surface area contributed by atoms with Gasteiger partial charge in [0, 0.05) is 18.9 Å². The molecule has 1 heterocycles. The lowest BCUT2D eigenvalue weighted by Gasteiger charge is -2.08. The van der Waals surface area contributed by atoms with E-state index in [4.69, 9.17) is 4.74 Å². The summed E-state index contributed by atoms with van der Waals surface area (Å²) in [6, 6.07) is 19.3. The Morgan fingerprint density at radius 1 is 0.960 bits per heavy atom. The highest BCUT2D eigenvalue weighted by Crippen LogP contribution is 2.22. The van der Waals surface area contributed by atoms with Gasteiger partial charge in [0.1, 0.15) is 11.5 Å². The van der Waals surface area contributed by atoms with Crippen molar-refractivity contribution < 1.29 is 9.53 Å². The minimum absolute atomic E-state index is 0.135. The van der Waals surface area contributed by atoms with Crippen LogP contribution in [0.25, 0.3) is 0 Å². The summed E-state index contributed by atoms with van der Waals surface area (Å²) in [7, 11) is 0. The van der Waals surface area contributed by atoms with Gasteiger partial charge in [-0.2, -0.15) is 0 Å². The van der Waals surface area contributed by atoms with Crippen LogP contribution in [0.2, 0.25) is 0 Å². The first-order chi connectivity index (χ1) is 12.2. The number of rotatable bonds is 6. The second-order valence-electron chi connectivity index (χ2n) is 5.67. The van der Waals surface area contributed by atoms with Gasteiger partial charge in [0.15, 0.2) is 0 Å². The first-order valence-electron chi connectivity index (χ1n) is 8.28. The molecule has 3 rings (SSSR count). The molecule has 126 valence electrons. The number of nitrogens with zero attached hydrogens (tertiary/aromatic N) is 1. The number of carbonyl (C=O) groups is 1. The Labute approximate surface area is 147 Å². The molecule has 25 heavy (non-hydrogen) atoms. The average molecular weight is 332 g/mol. The topological polar surface area (TPSA) is 51.2 Å². The molecule has 1 N–H and O–H groups in total. The number of aryl methyl sites for hydroxylation is 1. The van der Waals surface area contributed by atoms with Crippen LogP contribution in [0.3, 0.4) is 0 Å². The Bertz CT molecular complexity index is 813. The van der Waals surface area contributed by atoms with Crippen LogP contribution in [-0.4, -0.2) is 10.9 Å². The minimum atomic E-state index is -0.135. The van der Waals surface area contributed by atoms with E-state index in [1.54, 1.807) is 24.5 Å². The fourth-order valence-electron chi connectivity index (χ4n) is 2.39. The fraction of sp³-hybridized carbons (Fsp3) is 0.143. The van der Waals surface area contributed by atoms with Crippen LogP contribution in [0, 0.1) is 0 Å². The molecule has 0 saturated carbocycles. The summed E-state index contributed by atoms with van der Waals surface area (Å²) in [6.45, 7) is 2.58. The van der Waals surface area contributed by atoms with Gasteiger partial charge < -0.3 is 10.1 Å². The summed E-state index contributed by atoms with van der Waals surface area (Å²) < 4.78 is 5.83. The number of carbonyl (C=O) groups excluding carboxylic acids is 1. The van der Waals surface area contributed by atoms with Crippen molar-refractivity contribution >= 4 is 5.91 Å². The second-order valence-corrected chi connectivity index (χ2v) is 5.67. The van der Waals surface area contributed by atoms with Crippen molar-refractivity contribution in [3.05, 3.63) is 89.7 Å². The molecule has 4 nitrogen and oxygen atoms in total. The van der Waals surface area contributed by atoms with E-state index in [-0.39, 0.29) is 5.91 Å². The van der Waals surface area contributed by atoms with Gasteiger partial charge in [0.25, 0.3) is 5.91 Å². The van der Waals surface area contributed by atoms with Crippen molar-refractivity contribution in [3.63, 3.8) is 0 Å². The maximum Gasteiger partial charge on any atom is 0.253 e. The van der Waals surface area contributed by atoms with E-state index >= 15 is 0 Å². The number of nitrogens with one attached hydrogen (secondary N) is 1. The molecule has 0 radical (unpaired) electrons. The average Bonchev–Trinajstić information content (AvgIpc) is 2.68. The molecule has 4 heteroatoms. The Kier molecular flexibility index (Phi) is 5.42. The number of hydrogen-bond acceptors (Lipinski definition) is 3. The van der Waals surface area contributed by atoms with E-state index in [0.717, 1.165) is 23.5 Å². The van der Waals surface area contributed by atoms with Gasteiger partial charge in [-0.15, -0.1) is 0 Å². The zero-order valence-electron chi connectivity index (χ0n) is 14.1. The van der Waals surface area contributed by atoms with Crippen LogP contribution in [0.5, 0.6) is 11.5 Å². The van der Waals surface area contributed by atoms with Crippen molar-refractivity contribution in [1.29, 1.82) is 0 Å². The first-order valence-corrected chi connectivity index (χ1v) is 8.28. The Morgan fingerprint density at radius 2 is 1.60 bits per heavy atom. The van der Waals surface area contributed by atoms with Crippen LogP contribution in [0.4, 0.5) is 0 Å². The summed E-state index contributed by atoms with van der Waals surface area (Å²) in [6.07, 6.45) is 4.21. The lowest BCUT2D eigenvalue weighted by atomic mass is 10.2. The van der Waals surface area contributed by atoms with Gasteiger partial charge in [0.05, 0.1) is 5.56 Å². The smallest absolute Gasteiger partial charge is 0.253 e. The predicted molar refractivity (Wildman–Crippen MR) is 97.7 cm³/mol. The standard InChI is InChI=1S/C21H20N2O2/c1-2-16-5-9-19(10-6-16)25-20-11-7-17(8-12-20)14-23-21(24)18-4-3-13-22-15-18/h3-13,15H,2,14H2,1H3,(H,23,24). The molecule has 1 aromatic heterocycles. The van der Waals surface area contributed by atoms with E-state index in [2.05, 4.69) is 29.4 Å². The number of pyridine rings is 1. The fourth-order valence-corrected chi connectivity index (χ4v) is 2.39. The highest BCUT2D eigenvalue weighted by atomic mass is 16.5. The SMILES string of the molecule is CCc1ccc(Oc2ccc(CNC(=O)c3cccnc3)cc2)cc1. The van der Waals surface area contributed by atoms with Crippen LogP contribution in [0.1, 0.15) is 28.4 Å². The predicted octanol–water partition coefficient (Wildman–Crippen LogP) is 4.37. The number of ether oxygens (including phenoxy) is 1. The molecule has 0 aliphatic heterocycles. The maximum absolute atomic E-state index is 12.0. The zero-order valence-corrected chi connectivity index (χ0v) is 14.1. The van der Waals surface area contributed by atoms with E-state index in [9.17, 15) is 4.79 Å². The molecule has 0 fully saturated rings. The van der Waals surface area contributed by atoms with Gasteiger partial charge in [-0.3, -0.25) is 9.78 Å². The Balaban J connectivity index is 1.55. The molecule has 0 unspecified atom stereocenters. The third-order valence-electron chi connectivity index (χ3n) is 3.87. The van der Waals surface area contributed by atoms with Crippen molar-refractivity contribution in [2.75, 3.05) is 0 Å². The van der Waals surface area contributed by atoms with E-state index in [1.807, 2.05) is 36.4 Å². The molecule has 0 bridgehead atoms. The highest BCUT2D eigenvalue weighted by molar-refractivity contribution is 5.93. The molecule has 0 atom stereocenters. The van der Waals surface area contributed by atoms with Gasteiger partial charge in [-0.1, -0.05) is 31.2 Å². The summed E-state index contributed by atoms with van der Waals surface area (Å²) in [4.78, 5) is 15.9. The Morgan fingerprint density at radius 3 is 2.16 bits per heavy atom. The molecule has 3 aromatic rings. The molecular formula is C21H20N2O2. The van der Waals surface area contributed by atoms with Crippen molar-refractivity contribution in [1.82, 2.24) is 10.3 Å². The van der Waals surface area contributed by atoms with Crippen molar-refractivity contribution in [3.8, 4) is 11.5 Å². The van der Waals surface area contributed by atoms with Crippen LogP contribution < -0.4 is 10.1 Å². The summed E-state index contributed by atoms with van der Waals surface area (Å²) >= 11 is 0. The maximum atomic E-state index is 12.0. The van der Waals surface area contributed by atoms with Crippen LogP contribution in [0.15, 0.2) is 73.1 Å². The molecule has 0 spiro atoms. The summed E-state index contributed by atoms with van der Waals surface area (Å²) in [5, 5.41) is 2.88. The second kappa shape index (κ2) is 8.11. The highest BCUT2D eigenvalue weighted by Gasteiger charge is 2.05. The monoisotopic (exact) mass is 332 g/mol. The summed E-state index contributed by atoms with van der Waals surface area (Å²) in [5.41, 5.74) is 2.84. The van der Waals surface area contributed by atoms with E-state index < -0.39 is 0 Å². The third kappa shape index (κ3) is 4.67. The Hall–Kier alpha value is -3.14. The molecule has 0 aliphatic rings. The summed E-state index contributed by atoms with van der Waals surface area (Å²) in [5.74, 6) is 1.45. The molecule has 0 aliphatic carbocycles. The molecule has 1 amide bonds. The van der Waals surface area contributed by atoms with E-state index in [0.29, 0.717) is 12.1 Å². The lowest BCUT2D eigenvalue weighted by molar-refractivity contribution is 0.0950. The van der Waals surface area contributed by atoms with Gasteiger partial charge in [-0.25, -0.2) is 0 Å². The normalized spacial score (nSPS) is 10.3. The molecule has 2 aromatic carbocycles. The number of benzene rings is 2. The number of amides is 1. The largest absolute Gasteiger partial charge is 0.457 e. The quantitative estimate of drug-likeness (QED) is 0.729. The van der Waals surface area contributed by atoms with Crippen molar-refractivity contribution in [2.24, 2.45) is 0 Å². The number of aromatic nitrogens is 1. The van der Waals surface area contributed by atoms with Crippen LogP contribution >= 0.6 is 0 Å². The van der Waals surface area contributed by atoms with E-state index in [1.165, 1.54) is 5.56 Å². The van der Waals surface area contributed by atoms with Gasteiger partial charge >= 0.3 is 0 Å². The van der Waals surface area contributed by atoms with Crippen LogP contribution in [-0.2, 0) is 13.0 Å². The zero-order chi connectivity index (χ0) is 17.5. The van der Waals surface area contributed by atoms with Crippen molar-refractivity contribution in [2.45, 2.75) is 19.9 Å². The molecule has 0 saturated heterocycles. The van der Waals surface area contributed by atoms with Gasteiger partial charge in [0.2, 0.25) is 0 Å². The number of hydrogen-bond donors (Lipinski definition) is 1. The first kappa shape index (κ1) is 16.7. The molecular weight excluding hydrogens is 312 g/mol. The lowest BCUT2D eigenvalue weighted by Crippen LogP contribution is -2.22. The van der Waals surface area contributed by atoms with Gasteiger partial charge in [-0.05, 0) is 53.9 Å². The third-order valence-corrected chi connectivity index (χ3v) is 3.87. The minimum Gasteiger partial charge on any atom is -0.457 e.